The first kappa shape index (κ1) is 13.7. The topological polar surface area (TPSA) is 20.2 Å². The molecule has 0 bridgehead atoms. The van der Waals surface area contributed by atoms with Crippen LogP contribution < -0.4 is 0 Å². The highest BCUT2D eigenvalue weighted by Gasteiger charge is 2.14. The van der Waals surface area contributed by atoms with E-state index in [2.05, 4.69) is 31.9 Å². The summed E-state index contributed by atoms with van der Waals surface area (Å²) in [7, 11) is 0. The second-order valence-corrected chi connectivity index (χ2v) is 5.70. The van der Waals surface area contributed by atoms with Crippen LogP contribution in [-0.2, 0) is 6.42 Å². The zero-order valence-corrected chi connectivity index (χ0v) is 12.6. The van der Waals surface area contributed by atoms with Gasteiger partial charge in [-0.2, -0.15) is 0 Å². The Hall–Kier alpha value is -0.710. The monoisotopic (exact) mass is 372 g/mol. The molecule has 94 valence electrons. The molecule has 0 radical (unpaired) electrons. The van der Waals surface area contributed by atoms with Gasteiger partial charge in [-0.05, 0) is 45.3 Å². The minimum atomic E-state index is -0.726. The maximum Gasteiger partial charge on any atom is 0.137 e. The molecule has 1 atom stereocenters. The Morgan fingerprint density at radius 1 is 1.06 bits per heavy atom. The second kappa shape index (κ2) is 5.95. The number of hydrogen-bond donors (Lipinski definition) is 1. The average molecular weight is 374 g/mol. The third kappa shape index (κ3) is 3.19. The van der Waals surface area contributed by atoms with Gasteiger partial charge in [0.15, 0.2) is 0 Å². The van der Waals surface area contributed by atoms with Gasteiger partial charge in [0.1, 0.15) is 5.82 Å². The summed E-state index contributed by atoms with van der Waals surface area (Å²) in [5.41, 5.74) is 1.57. The number of aliphatic hydroxyl groups is 1. The third-order valence-corrected chi connectivity index (χ3v) is 4.05. The molecular formula is C14H11Br2FO. The largest absolute Gasteiger partial charge is 0.388 e. The summed E-state index contributed by atoms with van der Waals surface area (Å²) in [5, 5.41) is 10.1. The highest BCUT2D eigenvalue weighted by atomic mass is 79.9. The van der Waals surface area contributed by atoms with E-state index in [9.17, 15) is 9.50 Å². The zero-order valence-electron chi connectivity index (χ0n) is 9.41. The molecule has 0 aliphatic carbocycles. The molecule has 0 heterocycles. The number of benzene rings is 2. The van der Waals surface area contributed by atoms with Gasteiger partial charge in [-0.25, -0.2) is 4.39 Å². The van der Waals surface area contributed by atoms with Gasteiger partial charge in [-0.3, -0.25) is 0 Å². The van der Waals surface area contributed by atoms with Crippen LogP contribution in [0.25, 0.3) is 0 Å². The van der Waals surface area contributed by atoms with Gasteiger partial charge in [0.2, 0.25) is 0 Å². The predicted octanol–water partition coefficient (Wildman–Crippen LogP) is 4.63. The normalized spacial score (nSPS) is 12.4. The quantitative estimate of drug-likeness (QED) is 0.831. The van der Waals surface area contributed by atoms with Crippen LogP contribution in [0.3, 0.4) is 0 Å². The van der Waals surface area contributed by atoms with Crippen LogP contribution in [0.5, 0.6) is 0 Å². The molecule has 0 spiro atoms. The summed E-state index contributed by atoms with van der Waals surface area (Å²) in [6, 6.07) is 12.4. The zero-order chi connectivity index (χ0) is 13.1. The van der Waals surface area contributed by atoms with Crippen LogP contribution in [0.15, 0.2) is 51.4 Å². The lowest BCUT2D eigenvalue weighted by molar-refractivity contribution is 0.177. The van der Waals surface area contributed by atoms with Crippen molar-refractivity contribution in [2.24, 2.45) is 0 Å². The van der Waals surface area contributed by atoms with Crippen LogP contribution in [0, 0.1) is 5.82 Å². The van der Waals surface area contributed by atoms with E-state index in [4.69, 9.17) is 0 Å². The molecule has 1 N–H and O–H groups in total. The molecule has 0 aliphatic rings. The maximum atomic E-state index is 13.4. The first-order chi connectivity index (χ1) is 8.58. The highest BCUT2D eigenvalue weighted by Crippen LogP contribution is 2.28. The van der Waals surface area contributed by atoms with Crippen molar-refractivity contribution in [1.29, 1.82) is 0 Å². The molecule has 2 rings (SSSR count). The predicted molar refractivity (Wildman–Crippen MR) is 76.9 cm³/mol. The smallest absolute Gasteiger partial charge is 0.137 e. The van der Waals surface area contributed by atoms with E-state index in [-0.39, 0.29) is 5.82 Å². The van der Waals surface area contributed by atoms with Gasteiger partial charge in [0, 0.05) is 10.9 Å². The lowest BCUT2D eigenvalue weighted by atomic mass is 10.0. The molecule has 0 saturated heterocycles. The molecule has 18 heavy (non-hydrogen) atoms. The molecule has 0 aliphatic heterocycles. The summed E-state index contributed by atoms with van der Waals surface area (Å²) in [4.78, 5) is 0. The molecule has 0 fully saturated rings. The summed E-state index contributed by atoms with van der Waals surface area (Å²) >= 11 is 6.52. The second-order valence-electron chi connectivity index (χ2n) is 3.99. The van der Waals surface area contributed by atoms with Crippen molar-refractivity contribution in [3.8, 4) is 0 Å². The lowest BCUT2D eigenvalue weighted by Crippen LogP contribution is -2.03. The Labute approximate surface area is 122 Å². The highest BCUT2D eigenvalue weighted by molar-refractivity contribution is 9.10. The number of rotatable bonds is 3. The molecule has 0 aromatic heterocycles. The fourth-order valence-electron chi connectivity index (χ4n) is 1.73. The molecule has 1 unspecified atom stereocenters. The number of aliphatic hydroxyl groups excluding tert-OH is 1. The molecule has 0 amide bonds. The van der Waals surface area contributed by atoms with E-state index in [0.717, 1.165) is 10.0 Å². The Morgan fingerprint density at radius 2 is 1.72 bits per heavy atom. The summed E-state index contributed by atoms with van der Waals surface area (Å²) in [5.74, 6) is -0.359. The van der Waals surface area contributed by atoms with Gasteiger partial charge in [-0.1, -0.05) is 40.2 Å². The van der Waals surface area contributed by atoms with E-state index >= 15 is 0 Å². The average Bonchev–Trinajstić information content (AvgIpc) is 2.35. The summed E-state index contributed by atoms with van der Waals surface area (Å²) in [6.07, 6.45) is -0.272. The standard InChI is InChI=1S/C14H11Br2FO/c15-10-6-4-9(5-7-10)8-13(18)11-2-1-3-12(17)14(11)16/h1-7,13,18H,8H2. The van der Waals surface area contributed by atoms with Crippen LogP contribution >= 0.6 is 31.9 Å². The minimum Gasteiger partial charge on any atom is -0.388 e. The van der Waals surface area contributed by atoms with Gasteiger partial charge in [0.25, 0.3) is 0 Å². The van der Waals surface area contributed by atoms with Crippen molar-refractivity contribution < 1.29 is 9.50 Å². The summed E-state index contributed by atoms with van der Waals surface area (Å²) in [6.45, 7) is 0. The van der Waals surface area contributed by atoms with E-state index < -0.39 is 6.10 Å². The molecule has 2 aromatic carbocycles. The maximum absolute atomic E-state index is 13.4. The van der Waals surface area contributed by atoms with E-state index in [1.165, 1.54) is 6.07 Å². The van der Waals surface area contributed by atoms with Crippen molar-refractivity contribution in [2.75, 3.05) is 0 Å². The number of halogens is 3. The fraction of sp³-hybridized carbons (Fsp3) is 0.143. The van der Waals surface area contributed by atoms with E-state index in [0.29, 0.717) is 16.5 Å². The Morgan fingerprint density at radius 3 is 2.39 bits per heavy atom. The number of hydrogen-bond acceptors (Lipinski definition) is 1. The first-order valence-electron chi connectivity index (χ1n) is 5.44. The summed E-state index contributed by atoms with van der Waals surface area (Å²) < 4.78 is 14.7. The van der Waals surface area contributed by atoms with Crippen molar-refractivity contribution >= 4 is 31.9 Å². The van der Waals surface area contributed by atoms with Crippen molar-refractivity contribution in [1.82, 2.24) is 0 Å². The molecule has 0 saturated carbocycles. The Bertz CT molecular complexity index is 540. The van der Waals surface area contributed by atoms with Gasteiger partial charge < -0.3 is 5.11 Å². The minimum absolute atomic E-state index is 0.328. The molecule has 2 aromatic rings. The van der Waals surface area contributed by atoms with Gasteiger partial charge in [0.05, 0.1) is 10.6 Å². The fourth-order valence-corrected chi connectivity index (χ4v) is 2.52. The molecular weight excluding hydrogens is 363 g/mol. The van der Waals surface area contributed by atoms with Gasteiger partial charge in [-0.15, -0.1) is 0 Å². The molecule has 1 nitrogen and oxygen atoms in total. The van der Waals surface area contributed by atoms with Crippen LogP contribution in [0.2, 0.25) is 0 Å². The van der Waals surface area contributed by atoms with Crippen LogP contribution in [-0.4, -0.2) is 5.11 Å². The van der Waals surface area contributed by atoms with Crippen LogP contribution in [0.1, 0.15) is 17.2 Å². The van der Waals surface area contributed by atoms with E-state index in [1.807, 2.05) is 24.3 Å². The Balaban J connectivity index is 2.19. The SMILES string of the molecule is OC(Cc1ccc(Br)cc1)c1cccc(F)c1Br. The van der Waals surface area contributed by atoms with Gasteiger partial charge >= 0.3 is 0 Å². The third-order valence-electron chi connectivity index (χ3n) is 2.68. The van der Waals surface area contributed by atoms with E-state index in [1.54, 1.807) is 12.1 Å². The van der Waals surface area contributed by atoms with Crippen LogP contribution in [0.4, 0.5) is 4.39 Å². The molecule has 4 heteroatoms. The Kier molecular flexibility index (Phi) is 4.54. The van der Waals surface area contributed by atoms with Crippen molar-refractivity contribution in [3.05, 3.63) is 68.4 Å². The van der Waals surface area contributed by atoms with Crippen molar-refractivity contribution in [2.45, 2.75) is 12.5 Å². The first-order valence-corrected chi connectivity index (χ1v) is 7.03. The lowest BCUT2D eigenvalue weighted by Gasteiger charge is -2.13. The van der Waals surface area contributed by atoms with Crippen molar-refractivity contribution in [3.63, 3.8) is 0 Å².